The molecule has 0 bridgehead atoms. The van der Waals surface area contributed by atoms with Crippen LogP contribution in [-0.2, 0) is 12.7 Å². The molecule has 1 aromatic heterocycles. The maximum atomic E-state index is 13.7. The zero-order valence-corrected chi connectivity index (χ0v) is 15.3. The first kappa shape index (κ1) is 19.9. The standard InChI is InChI=1S/C20H21F3N4O/c1-27(10-9-24)13-15-12-25-26-19(15)14-7-8-18(17(11-14)20(21,22)23)28-16-5-3-2-4-6-16/h2-8,11-12H,9-10,13,24H2,1H3,(H,25,26). The molecule has 0 radical (unpaired) electrons. The van der Waals surface area contributed by atoms with Gasteiger partial charge in [-0.05, 0) is 37.4 Å². The summed E-state index contributed by atoms with van der Waals surface area (Å²) in [5, 5.41) is 6.80. The van der Waals surface area contributed by atoms with Gasteiger partial charge in [0.2, 0.25) is 0 Å². The van der Waals surface area contributed by atoms with E-state index in [0.29, 0.717) is 36.6 Å². The van der Waals surface area contributed by atoms with Crippen LogP contribution >= 0.6 is 0 Å². The summed E-state index contributed by atoms with van der Waals surface area (Å²) in [6.45, 7) is 1.68. The predicted molar refractivity (Wildman–Crippen MR) is 101 cm³/mol. The smallest absolute Gasteiger partial charge is 0.420 e. The molecule has 0 unspecified atom stereocenters. The number of rotatable bonds is 7. The molecule has 0 spiro atoms. The largest absolute Gasteiger partial charge is 0.457 e. The van der Waals surface area contributed by atoms with E-state index in [1.807, 2.05) is 11.9 Å². The number of hydrogen-bond donors (Lipinski definition) is 2. The van der Waals surface area contributed by atoms with Gasteiger partial charge in [0, 0.05) is 30.8 Å². The third-order valence-electron chi connectivity index (χ3n) is 4.21. The number of alkyl halides is 3. The molecule has 3 aromatic rings. The van der Waals surface area contributed by atoms with Crippen LogP contribution in [0.15, 0.2) is 54.7 Å². The number of aromatic nitrogens is 2. The molecule has 0 fully saturated rings. The summed E-state index contributed by atoms with van der Waals surface area (Å²) in [6, 6.07) is 12.4. The molecule has 2 aromatic carbocycles. The van der Waals surface area contributed by atoms with Gasteiger partial charge < -0.3 is 15.4 Å². The lowest BCUT2D eigenvalue weighted by molar-refractivity contribution is -0.138. The minimum absolute atomic E-state index is 0.247. The molecule has 0 atom stereocenters. The van der Waals surface area contributed by atoms with E-state index in [1.165, 1.54) is 6.07 Å². The Bertz CT molecular complexity index is 909. The number of H-pyrrole nitrogens is 1. The van der Waals surface area contributed by atoms with Crippen molar-refractivity contribution in [3.8, 4) is 22.8 Å². The summed E-state index contributed by atoms with van der Waals surface area (Å²) in [4.78, 5) is 1.98. The fourth-order valence-corrected chi connectivity index (χ4v) is 2.88. The van der Waals surface area contributed by atoms with Gasteiger partial charge in [0.15, 0.2) is 0 Å². The first-order valence-electron chi connectivity index (χ1n) is 8.74. The van der Waals surface area contributed by atoms with Gasteiger partial charge in [-0.1, -0.05) is 18.2 Å². The van der Waals surface area contributed by atoms with Crippen LogP contribution in [0, 0.1) is 0 Å². The van der Waals surface area contributed by atoms with E-state index in [0.717, 1.165) is 11.6 Å². The van der Waals surface area contributed by atoms with E-state index >= 15 is 0 Å². The molecule has 8 heteroatoms. The number of nitrogens with one attached hydrogen (secondary N) is 1. The molecule has 3 N–H and O–H groups in total. The highest BCUT2D eigenvalue weighted by Crippen LogP contribution is 2.40. The van der Waals surface area contributed by atoms with E-state index in [-0.39, 0.29) is 5.75 Å². The molecule has 148 valence electrons. The molecule has 5 nitrogen and oxygen atoms in total. The van der Waals surface area contributed by atoms with Crippen molar-refractivity contribution in [1.29, 1.82) is 0 Å². The van der Waals surface area contributed by atoms with E-state index < -0.39 is 11.7 Å². The minimum Gasteiger partial charge on any atom is -0.457 e. The van der Waals surface area contributed by atoms with Gasteiger partial charge in [-0.2, -0.15) is 18.3 Å². The molecule has 1 heterocycles. The third kappa shape index (κ3) is 4.71. The lowest BCUT2D eigenvalue weighted by atomic mass is 10.0. The van der Waals surface area contributed by atoms with Crippen molar-refractivity contribution >= 4 is 0 Å². The minimum atomic E-state index is -4.56. The van der Waals surface area contributed by atoms with Crippen molar-refractivity contribution in [2.24, 2.45) is 5.73 Å². The van der Waals surface area contributed by atoms with Gasteiger partial charge in [0.05, 0.1) is 17.5 Å². The van der Waals surface area contributed by atoms with Crippen molar-refractivity contribution in [2.45, 2.75) is 12.7 Å². The first-order valence-corrected chi connectivity index (χ1v) is 8.74. The highest BCUT2D eigenvalue weighted by atomic mass is 19.4. The molecule has 0 amide bonds. The fourth-order valence-electron chi connectivity index (χ4n) is 2.88. The van der Waals surface area contributed by atoms with Gasteiger partial charge in [-0.15, -0.1) is 0 Å². The Morgan fingerprint density at radius 3 is 2.57 bits per heavy atom. The molecule has 0 saturated heterocycles. The number of para-hydroxylation sites is 1. The zero-order valence-electron chi connectivity index (χ0n) is 15.3. The number of nitrogens with two attached hydrogens (primary N) is 1. The van der Waals surface area contributed by atoms with E-state index in [2.05, 4.69) is 10.2 Å². The Labute approximate surface area is 160 Å². The van der Waals surface area contributed by atoms with Crippen LogP contribution in [0.4, 0.5) is 13.2 Å². The Morgan fingerprint density at radius 1 is 1.14 bits per heavy atom. The van der Waals surface area contributed by atoms with Crippen LogP contribution < -0.4 is 10.5 Å². The third-order valence-corrected chi connectivity index (χ3v) is 4.21. The number of likely N-dealkylation sites (N-methyl/N-ethyl adjacent to an activating group) is 1. The quantitative estimate of drug-likeness (QED) is 0.632. The average Bonchev–Trinajstić information content (AvgIpc) is 3.10. The fraction of sp³-hybridized carbons (Fsp3) is 0.250. The van der Waals surface area contributed by atoms with Crippen LogP contribution in [0.3, 0.4) is 0 Å². The summed E-state index contributed by atoms with van der Waals surface area (Å²) in [6.07, 6.45) is -2.94. The molecule has 0 saturated carbocycles. The Morgan fingerprint density at radius 2 is 1.89 bits per heavy atom. The number of ether oxygens (including phenoxy) is 1. The summed E-state index contributed by atoms with van der Waals surface area (Å²) < 4.78 is 46.4. The van der Waals surface area contributed by atoms with Gasteiger partial charge in [0.25, 0.3) is 0 Å². The second-order valence-corrected chi connectivity index (χ2v) is 6.42. The van der Waals surface area contributed by atoms with Crippen molar-refractivity contribution < 1.29 is 17.9 Å². The molecular formula is C20H21F3N4O. The SMILES string of the molecule is CN(CCN)Cc1cn[nH]c1-c1ccc(Oc2ccccc2)c(C(F)(F)F)c1. The Kier molecular flexibility index (Phi) is 6.01. The number of nitrogens with zero attached hydrogens (tertiary/aromatic N) is 2. The van der Waals surface area contributed by atoms with Crippen molar-refractivity contribution in [1.82, 2.24) is 15.1 Å². The van der Waals surface area contributed by atoms with Gasteiger partial charge in [-0.25, -0.2) is 0 Å². The van der Waals surface area contributed by atoms with E-state index in [4.69, 9.17) is 10.5 Å². The molecule has 3 rings (SSSR count). The number of halogens is 3. The molecule has 0 aliphatic rings. The summed E-state index contributed by atoms with van der Waals surface area (Å²) >= 11 is 0. The number of hydrogen-bond acceptors (Lipinski definition) is 4. The number of aromatic amines is 1. The summed E-state index contributed by atoms with van der Waals surface area (Å²) in [5.74, 6) is 0.0927. The summed E-state index contributed by atoms with van der Waals surface area (Å²) in [5.41, 5.74) is 6.43. The normalized spacial score (nSPS) is 11.8. The van der Waals surface area contributed by atoms with Gasteiger partial charge in [-0.3, -0.25) is 5.10 Å². The van der Waals surface area contributed by atoms with Crippen molar-refractivity contribution in [3.63, 3.8) is 0 Å². The van der Waals surface area contributed by atoms with Gasteiger partial charge >= 0.3 is 6.18 Å². The van der Waals surface area contributed by atoms with Crippen LogP contribution in [0.2, 0.25) is 0 Å². The van der Waals surface area contributed by atoms with Crippen molar-refractivity contribution in [3.05, 3.63) is 65.9 Å². The Hall–Kier alpha value is -2.84. The van der Waals surface area contributed by atoms with E-state index in [9.17, 15) is 13.2 Å². The summed E-state index contributed by atoms with van der Waals surface area (Å²) in [7, 11) is 1.89. The maximum Gasteiger partial charge on any atom is 0.420 e. The monoisotopic (exact) mass is 390 g/mol. The van der Waals surface area contributed by atoms with Crippen LogP contribution in [-0.4, -0.2) is 35.2 Å². The van der Waals surface area contributed by atoms with Crippen LogP contribution in [0.25, 0.3) is 11.3 Å². The Balaban J connectivity index is 1.95. The first-order chi connectivity index (χ1) is 13.4. The number of benzene rings is 2. The zero-order chi connectivity index (χ0) is 20.1. The van der Waals surface area contributed by atoms with Crippen LogP contribution in [0.1, 0.15) is 11.1 Å². The lowest BCUT2D eigenvalue weighted by Crippen LogP contribution is -2.25. The van der Waals surface area contributed by atoms with Crippen molar-refractivity contribution in [2.75, 3.05) is 20.1 Å². The molecule has 0 aliphatic heterocycles. The highest BCUT2D eigenvalue weighted by molar-refractivity contribution is 5.65. The molecule has 0 aliphatic carbocycles. The lowest BCUT2D eigenvalue weighted by Gasteiger charge is -2.17. The van der Waals surface area contributed by atoms with Gasteiger partial charge in [0.1, 0.15) is 11.5 Å². The highest BCUT2D eigenvalue weighted by Gasteiger charge is 2.35. The maximum absolute atomic E-state index is 13.7. The molecule has 28 heavy (non-hydrogen) atoms. The average molecular weight is 390 g/mol. The molecular weight excluding hydrogens is 369 g/mol. The van der Waals surface area contributed by atoms with Crippen LogP contribution in [0.5, 0.6) is 11.5 Å². The second kappa shape index (κ2) is 8.45. The second-order valence-electron chi connectivity index (χ2n) is 6.42. The predicted octanol–water partition coefficient (Wildman–Crippen LogP) is 4.28. The van der Waals surface area contributed by atoms with E-state index in [1.54, 1.807) is 42.6 Å². The topological polar surface area (TPSA) is 67.2 Å².